The first-order chi connectivity index (χ1) is 16.2. The predicted molar refractivity (Wildman–Crippen MR) is 129 cm³/mol. The van der Waals surface area contributed by atoms with Crippen LogP contribution in [0.15, 0.2) is 60.7 Å². The van der Waals surface area contributed by atoms with Crippen LogP contribution in [0.5, 0.6) is 5.88 Å². The van der Waals surface area contributed by atoms with E-state index < -0.39 is 0 Å². The number of benzene rings is 2. The molecule has 4 heterocycles. The molecule has 0 radical (unpaired) electrons. The zero-order valence-corrected chi connectivity index (χ0v) is 18.6. The largest absolute Gasteiger partial charge is 0.466 e. The van der Waals surface area contributed by atoms with E-state index in [0.717, 1.165) is 42.0 Å². The fraction of sp³-hybridized carbons (Fsp3) is 0.333. The van der Waals surface area contributed by atoms with E-state index in [0.29, 0.717) is 17.0 Å². The molecule has 0 aliphatic carbocycles. The first-order valence-corrected chi connectivity index (χ1v) is 11.7. The van der Waals surface area contributed by atoms with Crippen LogP contribution < -0.4 is 15.4 Å². The Labute approximate surface area is 194 Å². The Bertz CT molecular complexity index is 1160. The lowest BCUT2D eigenvalue weighted by molar-refractivity contribution is -0.118. The van der Waals surface area contributed by atoms with Gasteiger partial charge in [0.15, 0.2) is 6.61 Å². The lowest BCUT2D eigenvalue weighted by Gasteiger charge is -2.52. The van der Waals surface area contributed by atoms with Gasteiger partial charge in [-0.2, -0.15) is 0 Å². The van der Waals surface area contributed by atoms with E-state index in [-0.39, 0.29) is 12.5 Å². The molecule has 0 unspecified atom stereocenters. The van der Waals surface area contributed by atoms with Crippen molar-refractivity contribution in [3.05, 3.63) is 66.2 Å². The average Bonchev–Trinajstić information content (AvgIpc) is 2.84. The van der Waals surface area contributed by atoms with Crippen LogP contribution in [0.3, 0.4) is 0 Å². The van der Waals surface area contributed by atoms with Crippen molar-refractivity contribution in [1.82, 2.24) is 15.2 Å². The molecule has 2 saturated heterocycles. The van der Waals surface area contributed by atoms with E-state index in [1.54, 1.807) is 0 Å². The summed E-state index contributed by atoms with van der Waals surface area (Å²) in [5, 5.41) is 6.36. The molecule has 168 valence electrons. The number of pyridine rings is 1. The van der Waals surface area contributed by atoms with Gasteiger partial charge in [-0.15, -0.1) is 0 Å². The van der Waals surface area contributed by atoms with Crippen molar-refractivity contribution >= 4 is 11.6 Å². The molecule has 6 nitrogen and oxygen atoms in total. The van der Waals surface area contributed by atoms with Crippen molar-refractivity contribution in [2.45, 2.75) is 19.4 Å². The second kappa shape index (κ2) is 8.28. The van der Waals surface area contributed by atoms with Crippen molar-refractivity contribution in [2.75, 3.05) is 38.1 Å². The molecule has 0 bridgehead atoms. The maximum absolute atomic E-state index is 11.8. The molecule has 3 aromatic rings. The number of rotatable bonds is 4. The lowest BCUT2D eigenvalue weighted by atomic mass is 9.72. The summed E-state index contributed by atoms with van der Waals surface area (Å²) in [5.74, 6) is 0.318. The minimum absolute atomic E-state index is 0.00352. The summed E-state index contributed by atoms with van der Waals surface area (Å²) in [6.45, 7) is 5.74. The van der Waals surface area contributed by atoms with Gasteiger partial charge in [0.25, 0.3) is 5.91 Å². The van der Waals surface area contributed by atoms with Crippen LogP contribution >= 0.6 is 0 Å². The van der Waals surface area contributed by atoms with E-state index in [1.807, 2.05) is 24.3 Å². The summed E-state index contributed by atoms with van der Waals surface area (Å²) in [6, 6.07) is 20.8. The Kier molecular flexibility index (Phi) is 5.12. The Morgan fingerprint density at radius 3 is 2.48 bits per heavy atom. The SMILES string of the molecule is O=C1COc2nc(-c3ccc(CN4CC5(CCNCC5)C4)cc3)c(-c3ccccc3)cc2N1. The average molecular weight is 441 g/mol. The zero-order chi connectivity index (χ0) is 22.3. The van der Waals surface area contributed by atoms with Crippen LogP contribution in [0.4, 0.5) is 5.69 Å². The molecule has 3 aliphatic rings. The summed E-state index contributed by atoms with van der Waals surface area (Å²) in [4.78, 5) is 19.2. The highest BCUT2D eigenvalue weighted by Crippen LogP contribution is 2.40. The van der Waals surface area contributed by atoms with Gasteiger partial charge in [-0.3, -0.25) is 9.69 Å². The molecule has 1 amide bonds. The van der Waals surface area contributed by atoms with Crippen LogP contribution in [0, 0.1) is 5.41 Å². The molecule has 33 heavy (non-hydrogen) atoms. The number of nitrogens with zero attached hydrogens (tertiary/aromatic N) is 2. The molecule has 2 fully saturated rings. The summed E-state index contributed by atoms with van der Waals surface area (Å²) in [7, 11) is 0. The molecular weight excluding hydrogens is 412 g/mol. The number of aromatic nitrogens is 1. The number of hydrogen-bond donors (Lipinski definition) is 2. The summed E-state index contributed by atoms with van der Waals surface area (Å²) >= 11 is 0. The first kappa shape index (κ1) is 20.4. The highest BCUT2D eigenvalue weighted by atomic mass is 16.5. The molecule has 2 aromatic carbocycles. The second-order valence-electron chi connectivity index (χ2n) is 9.53. The van der Waals surface area contributed by atoms with Crippen LogP contribution in [-0.2, 0) is 11.3 Å². The quantitative estimate of drug-likeness (QED) is 0.644. The number of amides is 1. The molecular formula is C27H28N4O2. The maximum atomic E-state index is 11.8. The molecule has 0 atom stereocenters. The van der Waals surface area contributed by atoms with Crippen molar-refractivity contribution in [2.24, 2.45) is 5.41 Å². The standard InChI is InChI=1S/C27H28N4O2/c32-24-16-33-26-23(29-24)14-22(20-4-2-1-3-5-20)25(30-26)21-8-6-19(7-9-21)15-31-17-27(18-31)10-12-28-13-11-27/h1-9,14,28H,10-13,15-18H2,(H,29,32). The maximum Gasteiger partial charge on any atom is 0.262 e. The van der Waals surface area contributed by atoms with Crippen molar-refractivity contribution in [3.8, 4) is 28.3 Å². The van der Waals surface area contributed by atoms with Gasteiger partial charge in [-0.25, -0.2) is 4.98 Å². The summed E-state index contributed by atoms with van der Waals surface area (Å²) < 4.78 is 5.61. The number of anilines is 1. The van der Waals surface area contributed by atoms with Gasteiger partial charge in [-0.1, -0.05) is 54.6 Å². The van der Waals surface area contributed by atoms with E-state index in [9.17, 15) is 4.79 Å². The van der Waals surface area contributed by atoms with Gasteiger partial charge in [-0.05, 0) is 48.5 Å². The lowest BCUT2D eigenvalue weighted by Crippen LogP contribution is -2.59. The molecule has 3 aliphatic heterocycles. The highest BCUT2D eigenvalue weighted by Gasteiger charge is 2.42. The predicted octanol–water partition coefficient (Wildman–Crippen LogP) is 3.93. The van der Waals surface area contributed by atoms with Crippen LogP contribution in [-0.4, -0.2) is 48.6 Å². The second-order valence-corrected chi connectivity index (χ2v) is 9.53. The van der Waals surface area contributed by atoms with Crippen LogP contribution in [0.2, 0.25) is 0 Å². The third-order valence-electron chi connectivity index (χ3n) is 7.10. The van der Waals surface area contributed by atoms with E-state index >= 15 is 0 Å². The first-order valence-electron chi connectivity index (χ1n) is 11.7. The van der Waals surface area contributed by atoms with Gasteiger partial charge < -0.3 is 15.4 Å². The topological polar surface area (TPSA) is 66.5 Å². The number of carbonyl (C=O) groups is 1. The number of hydrogen-bond acceptors (Lipinski definition) is 5. The number of carbonyl (C=O) groups excluding carboxylic acids is 1. The molecule has 1 spiro atoms. The molecule has 0 saturated carbocycles. The fourth-order valence-electron chi connectivity index (χ4n) is 5.39. The Morgan fingerprint density at radius 1 is 0.970 bits per heavy atom. The monoisotopic (exact) mass is 440 g/mol. The molecule has 2 N–H and O–H groups in total. The zero-order valence-electron chi connectivity index (χ0n) is 18.6. The summed E-state index contributed by atoms with van der Waals surface area (Å²) in [6.07, 6.45) is 2.61. The van der Waals surface area contributed by atoms with Gasteiger partial charge in [0, 0.05) is 30.8 Å². The Balaban J connectivity index is 1.26. The van der Waals surface area contributed by atoms with Crippen LogP contribution in [0.25, 0.3) is 22.4 Å². The van der Waals surface area contributed by atoms with Crippen LogP contribution in [0.1, 0.15) is 18.4 Å². The van der Waals surface area contributed by atoms with E-state index in [2.05, 4.69) is 51.9 Å². The van der Waals surface area contributed by atoms with Gasteiger partial charge in [0.1, 0.15) is 5.69 Å². The third kappa shape index (κ3) is 4.01. The number of fused-ring (bicyclic) bond motifs is 1. The highest BCUT2D eigenvalue weighted by molar-refractivity contribution is 5.97. The smallest absolute Gasteiger partial charge is 0.262 e. The van der Waals surface area contributed by atoms with Crippen molar-refractivity contribution in [3.63, 3.8) is 0 Å². The normalized spacial score (nSPS) is 19.3. The van der Waals surface area contributed by atoms with Gasteiger partial charge in [0.05, 0.1) is 5.69 Å². The van der Waals surface area contributed by atoms with Gasteiger partial charge in [0.2, 0.25) is 5.88 Å². The van der Waals surface area contributed by atoms with Crippen molar-refractivity contribution in [1.29, 1.82) is 0 Å². The molecule has 1 aromatic heterocycles. The summed E-state index contributed by atoms with van der Waals surface area (Å²) in [5.41, 5.74) is 6.43. The van der Waals surface area contributed by atoms with E-state index in [4.69, 9.17) is 9.72 Å². The van der Waals surface area contributed by atoms with Crippen molar-refractivity contribution < 1.29 is 9.53 Å². The molecule has 6 heteroatoms. The minimum Gasteiger partial charge on any atom is -0.466 e. The Hall–Kier alpha value is -3.22. The van der Waals surface area contributed by atoms with Gasteiger partial charge >= 0.3 is 0 Å². The fourth-order valence-corrected chi connectivity index (χ4v) is 5.39. The number of ether oxygens (including phenoxy) is 1. The number of likely N-dealkylation sites (tertiary alicyclic amines) is 1. The minimum atomic E-state index is -0.155. The molecule has 6 rings (SSSR count). The number of nitrogens with one attached hydrogen (secondary N) is 2. The number of piperidine rings is 1. The van der Waals surface area contributed by atoms with E-state index in [1.165, 1.54) is 31.5 Å². The third-order valence-corrected chi connectivity index (χ3v) is 7.10. The Morgan fingerprint density at radius 2 is 1.73 bits per heavy atom.